The lowest BCUT2D eigenvalue weighted by atomic mass is 9.76. The van der Waals surface area contributed by atoms with Crippen molar-refractivity contribution in [2.75, 3.05) is 25.2 Å². The van der Waals surface area contributed by atoms with Gasteiger partial charge in [0.05, 0.1) is 24.1 Å². The monoisotopic (exact) mass is 313 g/mol. The number of carbonyl (C=O) groups excluding carboxylic acids is 1. The summed E-state index contributed by atoms with van der Waals surface area (Å²) in [6, 6.07) is 0. The molecule has 1 heterocycles. The van der Waals surface area contributed by atoms with E-state index < -0.39 is 11.5 Å². The number of nitrogens with zero attached hydrogens (tertiary/aromatic N) is 1. The maximum absolute atomic E-state index is 12.0. The zero-order valence-electron chi connectivity index (χ0n) is 11.8. The number of rotatable bonds is 8. The molecule has 1 saturated carbocycles. The molecular weight excluding hydrogens is 294 g/mol. The van der Waals surface area contributed by atoms with E-state index >= 15 is 0 Å². The van der Waals surface area contributed by atoms with Crippen LogP contribution in [0.25, 0.3) is 0 Å². The molecule has 0 spiro atoms. The highest BCUT2D eigenvalue weighted by atomic mass is 32.2. The minimum Gasteiger partial charge on any atom is -0.477 e. The van der Waals surface area contributed by atoms with Gasteiger partial charge in [-0.15, -0.1) is 11.8 Å². The number of aromatic carboxylic acids is 1. The molecule has 0 aromatic carbocycles. The zero-order valence-corrected chi connectivity index (χ0v) is 12.7. The molecule has 1 fully saturated rings. The third-order valence-corrected chi connectivity index (χ3v) is 4.43. The summed E-state index contributed by atoms with van der Waals surface area (Å²) in [5.41, 5.74) is -0.493. The number of thioether (sulfide) groups is 1. The fourth-order valence-electron chi connectivity index (χ4n) is 2.23. The van der Waals surface area contributed by atoms with Gasteiger partial charge in [0, 0.05) is 12.9 Å². The van der Waals surface area contributed by atoms with Gasteiger partial charge in [0.15, 0.2) is 0 Å². The lowest BCUT2D eigenvalue weighted by Gasteiger charge is -2.40. The van der Waals surface area contributed by atoms with Crippen molar-refractivity contribution < 1.29 is 19.4 Å². The van der Waals surface area contributed by atoms with Crippen LogP contribution in [-0.2, 0) is 15.1 Å². The SMILES string of the molecule is COCCSCC(=O)NC1(c2ncc(C(=O)O)[nH]2)CCC1. The van der Waals surface area contributed by atoms with E-state index in [-0.39, 0.29) is 11.6 Å². The summed E-state index contributed by atoms with van der Waals surface area (Å²) in [5, 5.41) is 11.9. The van der Waals surface area contributed by atoms with Gasteiger partial charge in [-0.25, -0.2) is 9.78 Å². The van der Waals surface area contributed by atoms with Crippen LogP contribution >= 0.6 is 11.8 Å². The summed E-state index contributed by atoms with van der Waals surface area (Å²) in [7, 11) is 1.63. The van der Waals surface area contributed by atoms with E-state index in [0.29, 0.717) is 18.2 Å². The quantitative estimate of drug-likeness (QED) is 0.618. The lowest BCUT2D eigenvalue weighted by Crippen LogP contribution is -2.52. The summed E-state index contributed by atoms with van der Waals surface area (Å²) in [6.07, 6.45) is 3.82. The average molecular weight is 313 g/mol. The number of imidazole rings is 1. The predicted octanol–water partition coefficient (Wildman–Crippen LogP) is 0.983. The second-order valence-electron chi connectivity index (χ2n) is 4.98. The van der Waals surface area contributed by atoms with Gasteiger partial charge in [0.25, 0.3) is 0 Å². The van der Waals surface area contributed by atoms with E-state index in [2.05, 4.69) is 15.3 Å². The van der Waals surface area contributed by atoms with Gasteiger partial charge in [0.1, 0.15) is 11.5 Å². The minimum atomic E-state index is -1.05. The molecule has 0 saturated heterocycles. The Hall–Kier alpha value is -1.54. The highest BCUT2D eigenvalue weighted by molar-refractivity contribution is 7.99. The standard InChI is InChI=1S/C13H19N3O4S/c1-20-5-6-21-8-10(17)16-13(3-2-4-13)12-14-7-9(15-12)11(18)19/h7H,2-6,8H2,1H3,(H,14,15)(H,16,17)(H,18,19). The number of H-pyrrole nitrogens is 1. The summed E-state index contributed by atoms with van der Waals surface area (Å²) in [6.45, 7) is 0.614. The van der Waals surface area contributed by atoms with Crippen LogP contribution in [0.2, 0.25) is 0 Å². The molecule has 0 bridgehead atoms. The number of methoxy groups -OCH3 is 1. The van der Waals surface area contributed by atoms with Crippen molar-refractivity contribution in [3.63, 3.8) is 0 Å². The summed E-state index contributed by atoms with van der Waals surface area (Å²) >= 11 is 1.50. The maximum atomic E-state index is 12.0. The van der Waals surface area contributed by atoms with Gasteiger partial charge in [-0.1, -0.05) is 0 Å². The molecule has 1 aromatic heterocycles. The van der Waals surface area contributed by atoms with Crippen LogP contribution < -0.4 is 5.32 Å². The first-order chi connectivity index (χ1) is 10.1. The third kappa shape index (κ3) is 3.76. The molecule has 1 amide bonds. The second-order valence-corrected chi connectivity index (χ2v) is 6.09. The van der Waals surface area contributed by atoms with Gasteiger partial charge in [-0.05, 0) is 19.3 Å². The Bertz CT molecular complexity index is 513. The predicted molar refractivity (Wildman–Crippen MR) is 78.4 cm³/mol. The number of aromatic amines is 1. The van der Waals surface area contributed by atoms with Crippen LogP contribution in [-0.4, -0.2) is 52.2 Å². The Morgan fingerprint density at radius 3 is 2.86 bits per heavy atom. The second kappa shape index (κ2) is 6.95. The topological polar surface area (TPSA) is 104 Å². The molecule has 0 aliphatic heterocycles. The first kappa shape index (κ1) is 15.8. The molecule has 7 nitrogen and oxygen atoms in total. The van der Waals surface area contributed by atoms with Crippen LogP contribution in [0.4, 0.5) is 0 Å². The van der Waals surface area contributed by atoms with Crippen molar-refractivity contribution in [2.24, 2.45) is 0 Å². The van der Waals surface area contributed by atoms with Crippen molar-refractivity contribution in [3.8, 4) is 0 Å². The molecule has 3 N–H and O–H groups in total. The molecule has 21 heavy (non-hydrogen) atoms. The molecule has 1 aliphatic rings. The normalized spacial score (nSPS) is 16.2. The van der Waals surface area contributed by atoms with Crippen molar-refractivity contribution in [1.29, 1.82) is 0 Å². The van der Waals surface area contributed by atoms with Crippen molar-refractivity contribution in [2.45, 2.75) is 24.8 Å². The van der Waals surface area contributed by atoms with Gasteiger partial charge in [-0.3, -0.25) is 4.79 Å². The summed E-state index contributed by atoms with van der Waals surface area (Å²) < 4.78 is 4.93. The van der Waals surface area contributed by atoms with E-state index in [9.17, 15) is 9.59 Å². The highest BCUT2D eigenvalue weighted by Crippen LogP contribution is 2.39. The third-order valence-electron chi connectivity index (χ3n) is 3.51. The van der Waals surface area contributed by atoms with E-state index in [1.807, 2.05) is 0 Å². The van der Waals surface area contributed by atoms with Gasteiger partial charge < -0.3 is 20.1 Å². The molecule has 0 radical (unpaired) electrons. The molecule has 8 heteroatoms. The van der Waals surface area contributed by atoms with Crippen LogP contribution in [0.15, 0.2) is 6.20 Å². The fourth-order valence-corrected chi connectivity index (χ4v) is 2.92. The molecule has 2 rings (SSSR count). The summed E-state index contributed by atoms with van der Waals surface area (Å²) in [4.78, 5) is 29.8. The van der Waals surface area contributed by atoms with Crippen molar-refractivity contribution in [3.05, 3.63) is 17.7 Å². The van der Waals surface area contributed by atoms with Crippen molar-refractivity contribution >= 4 is 23.6 Å². The number of carbonyl (C=O) groups is 2. The van der Waals surface area contributed by atoms with Gasteiger partial charge in [0.2, 0.25) is 5.91 Å². The van der Waals surface area contributed by atoms with E-state index in [1.54, 1.807) is 7.11 Å². The maximum Gasteiger partial charge on any atom is 0.353 e. The number of hydrogen-bond donors (Lipinski definition) is 3. The minimum absolute atomic E-state index is 0.0417. The van der Waals surface area contributed by atoms with Crippen LogP contribution in [0.1, 0.15) is 35.6 Å². The number of carboxylic acids is 1. The number of amides is 1. The largest absolute Gasteiger partial charge is 0.477 e. The van der Waals surface area contributed by atoms with Gasteiger partial charge >= 0.3 is 5.97 Å². The molecule has 1 aromatic rings. The molecular formula is C13H19N3O4S. The Morgan fingerprint density at radius 1 is 1.57 bits per heavy atom. The van der Waals surface area contributed by atoms with Gasteiger partial charge in [-0.2, -0.15) is 0 Å². The Morgan fingerprint density at radius 2 is 2.33 bits per heavy atom. The summed E-state index contributed by atoms with van der Waals surface area (Å²) in [5.74, 6) is 0.536. The molecule has 0 unspecified atom stereocenters. The molecule has 0 atom stereocenters. The number of ether oxygens (including phenoxy) is 1. The van der Waals surface area contributed by atoms with Crippen LogP contribution in [0, 0.1) is 0 Å². The fraction of sp³-hybridized carbons (Fsp3) is 0.615. The first-order valence-electron chi connectivity index (χ1n) is 6.74. The smallest absolute Gasteiger partial charge is 0.353 e. The zero-order chi connectivity index (χ0) is 15.3. The number of hydrogen-bond acceptors (Lipinski definition) is 5. The first-order valence-corrected chi connectivity index (χ1v) is 7.89. The highest BCUT2D eigenvalue weighted by Gasteiger charge is 2.42. The van der Waals surface area contributed by atoms with E-state index in [4.69, 9.17) is 9.84 Å². The Balaban J connectivity index is 1.94. The van der Waals surface area contributed by atoms with E-state index in [0.717, 1.165) is 25.0 Å². The lowest BCUT2D eigenvalue weighted by molar-refractivity contribution is -0.121. The van der Waals surface area contributed by atoms with Crippen LogP contribution in [0.3, 0.4) is 0 Å². The molecule has 116 valence electrons. The Kier molecular flexibility index (Phi) is 5.24. The number of nitrogens with one attached hydrogen (secondary N) is 2. The Labute approximate surface area is 126 Å². The van der Waals surface area contributed by atoms with E-state index in [1.165, 1.54) is 18.0 Å². The number of aromatic nitrogens is 2. The van der Waals surface area contributed by atoms with Crippen molar-refractivity contribution in [1.82, 2.24) is 15.3 Å². The number of carboxylic acid groups (broad SMARTS) is 1. The molecule has 1 aliphatic carbocycles. The van der Waals surface area contributed by atoms with Crippen LogP contribution in [0.5, 0.6) is 0 Å². The average Bonchev–Trinajstić information content (AvgIpc) is 2.89.